The third-order valence-corrected chi connectivity index (χ3v) is 3.78. The average Bonchev–Trinajstić information content (AvgIpc) is 2.89. The van der Waals surface area contributed by atoms with E-state index in [4.69, 9.17) is 4.74 Å². The molecule has 1 aliphatic heterocycles. The van der Waals surface area contributed by atoms with Gasteiger partial charge in [0.05, 0.1) is 16.7 Å². The van der Waals surface area contributed by atoms with Crippen LogP contribution in [0.15, 0.2) is 30.9 Å². The molecule has 9 nitrogen and oxygen atoms in total. The van der Waals surface area contributed by atoms with Gasteiger partial charge in [0, 0.05) is 13.1 Å². The monoisotopic (exact) mass is 387 g/mol. The SMILES string of the molecule is C=CCN1C(=O)c2ccc(C(=O)OCC(=O)NC(=O)NCC(C)C)cc2C1=O. The number of ether oxygens (including phenoxy) is 1. The second-order valence-corrected chi connectivity index (χ2v) is 6.50. The van der Waals surface area contributed by atoms with Crippen molar-refractivity contribution in [2.45, 2.75) is 13.8 Å². The summed E-state index contributed by atoms with van der Waals surface area (Å²) in [5, 5.41) is 4.53. The number of esters is 1. The molecule has 148 valence electrons. The maximum atomic E-state index is 12.3. The van der Waals surface area contributed by atoms with E-state index in [1.54, 1.807) is 0 Å². The second kappa shape index (κ2) is 8.94. The van der Waals surface area contributed by atoms with Gasteiger partial charge in [0.1, 0.15) is 0 Å². The van der Waals surface area contributed by atoms with E-state index >= 15 is 0 Å². The zero-order valence-corrected chi connectivity index (χ0v) is 15.6. The van der Waals surface area contributed by atoms with Crippen LogP contribution in [0, 0.1) is 5.92 Å². The van der Waals surface area contributed by atoms with Crippen LogP contribution in [0.25, 0.3) is 0 Å². The summed E-state index contributed by atoms with van der Waals surface area (Å²) in [6, 6.07) is 3.25. The normalized spacial score (nSPS) is 12.6. The number of nitrogens with zero attached hydrogens (tertiary/aromatic N) is 1. The first-order valence-corrected chi connectivity index (χ1v) is 8.60. The van der Waals surface area contributed by atoms with E-state index in [0.29, 0.717) is 6.54 Å². The number of nitrogens with one attached hydrogen (secondary N) is 2. The van der Waals surface area contributed by atoms with Gasteiger partial charge in [-0.1, -0.05) is 19.9 Å². The lowest BCUT2D eigenvalue weighted by Gasteiger charge is -2.09. The molecule has 0 unspecified atom stereocenters. The molecule has 2 rings (SSSR count). The molecule has 5 amide bonds. The van der Waals surface area contributed by atoms with Gasteiger partial charge in [0.2, 0.25) is 0 Å². The van der Waals surface area contributed by atoms with Crippen molar-refractivity contribution in [1.82, 2.24) is 15.5 Å². The zero-order valence-electron chi connectivity index (χ0n) is 15.6. The summed E-state index contributed by atoms with van der Waals surface area (Å²) in [5.74, 6) is -2.43. The van der Waals surface area contributed by atoms with Crippen LogP contribution in [0.1, 0.15) is 44.9 Å². The summed E-state index contributed by atoms with van der Waals surface area (Å²) < 4.78 is 4.86. The highest BCUT2D eigenvalue weighted by atomic mass is 16.5. The number of fused-ring (bicyclic) bond motifs is 1. The Kier molecular flexibility index (Phi) is 6.64. The number of imide groups is 2. The molecule has 28 heavy (non-hydrogen) atoms. The Hall–Kier alpha value is -3.49. The first-order valence-electron chi connectivity index (χ1n) is 8.60. The third-order valence-electron chi connectivity index (χ3n) is 3.78. The lowest BCUT2D eigenvalue weighted by molar-refractivity contribution is -0.123. The molecule has 0 saturated carbocycles. The minimum atomic E-state index is -0.858. The Labute approximate surface area is 161 Å². The first-order chi connectivity index (χ1) is 13.2. The van der Waals surface area contributed by atoms with Crippen LogP contribution in [0.2, 0.25) is 0 Å². The second-order valence-electron chi connectivity index (χ2n) is 6.50. The van der Waals surface area contributed by atoms with Gasteiger partial charge < -0.3 is 10.1 Å². The van der Waals surface area contributed by atoms with Crippen molar-refractivity contribution in [1.29, 1.82) is 0 Å². The molecular weight excluding hydrogens is 366 g/mol. The molecular formula is C19H21N3O6. The Bertz CT molecular complexity index is 846. The van der Waals surface area contributed by atoms with E-state index in [1.165, 1.54) is 24.3 Å². The summed E-state index contributed by atoms with van der Waals surface area (Å²) in [7, 11) is 0. The molecule has 1 heterocycles. The number of rotatable bonds is 7. The minimum absolute atomic E-state index is 0.0115. The van der Waals surface area contributed by atoms with Crippen molar-refractivity contribution >= 4 is 29.7 Å². The van der Waals surface area contributed by atoms with E-state index in [2.05, 4.69) is 11.9 Å². The molecule has 1 aliphatic rings. The Morgan fingerprint density at radius 2 is 1.86 bits per heavy atom. The number of hydrogen-bond acceptors (Lipinski definition) is 6. The molecule has 1 aromatic rings. The average molecular weight is 387 g/mol. The van der Waals surface area contributed by atoms with Gasteiger partial charge in [-0.2, -0.15) is 0 Å². The van der Waals surface area contributed by atoms with Crippen molar-refractivity contribution in [2.24, 2.45) is 5.92 Å². The molecule has 0 fully saturated rings. The number of urea groups is 1. The Balaban J connectivity index is 1.95. The number of carbonyl (C=O) groups is 5. The summed E-state index contributed by atoms with van der Waals surface area (Å²) in [4.78, 5) is 60.7. The van der Waals surface area contributed by atoms with Crippen LogP contribution in [0.3, 0.4) is 0 Å². The third kappa shape index (κ3) is 4.81. The molecule has 0 saturated heterocycles. The predicted molar refractivity (Wildman–Crippen MR) is 98.7 cm³/mol. The lowest BCUT2D eigenvalue weighted by Crippen LogP contribution is -2.42. The molecule has 1 aromatic carbocycles. The first kappa shape index (κ1) is 20.8. The van der Waals surface area contributed by atoms with Crippen molar-refractivity contribution in [3.8, 4) is 0 Å². The van der Waals surface area contributed by atoms with Crippen molar-refractivity contribution in [2.75, 3.05) is 19.7 Å². The van der Waals surface area contributed by atoms with Crippen molar-refractivity contribution in [3.63, 3.8) is 0 Å². The van der Waals surface area contributed by atoms with E-state index in [0.717, 1.165) is 4.90 Å². The molecule has 0 atom stereocenters. The summed E-state index contributed by atoms with van der Waals surface area (Å²) in [6.07, 6.45) is 1.42. The van der Waals surface area contributed by atoms with E-state index in [9.17, 15) is 24.0 Å². The Morgan fingerprint density at radius 1 is 1.18 bits per heavy atom. The summed E-state index contributed by atoms with van der Waals surface area (Å²) in [5.41, 5.74) is 0.277. The highest BCUT2D eigenvalue weighted by Gasteiger charge is 2.35. The maximum absolute atomic E-state index is 12.3. The van der Waals surface area contributed by atoms with Gasteiger partial charge in [0.15, 0.2) is 6.61 Å². The van der Waals surface area contributed by atoms with Crippen LogP contribution in [-0.2, 0) is 9.53 Å². The number of benzene rings is 1. The highest BCUT2D eigenvalue weighted by Crippen LogP contribution is 2.24. The summed E-state index contributed by atoms with van der Waals surface area (Å²) in [6.45, 7) is 7.08. The van der Waals surface area contributed by atoms with Gasteiger partial charge in [-0.3, -0.25) is 24.6 Å². The van der Waals surface area contributed by atoms with Gasteiger partial charge in [-0.05, 0) is 24.1 Å². The van der Waals surface area contributed by atoms with E-state index in [1.807, 2.05) is 19.2 Å². The molecule has 0 aromatic heterocycles. The quantitative estimate of drug-likeness (QED) is 0.411. The number of amides is 5. The van der Waals surface area contributed by atoms with Crippen molar-refractivity contribution < 1.29 is 28.7 Å². The van der Waals surface area contributed by atoms with Crippen LogP contribution in [0.4, 0.5) is 4.79 Å². The highest BCUT2D eigenvalue weighted by molar-refractivity contribution is 6.22. The van der Waals surface area contributed by atoms with Crippen LogP contribution >= 0.6 is 0 Å². The van der Waals surface area contributed by atoms with Crippen LogP contribution < -0.4 is 10.6 Å². The maximum Gasteiger partial charge on any atom is 0.338 e. The molecule has 0 bridgehead atoms. The Morgan fingerprint density at radius 3 is 2.50 bits per heavy atom. The molecule has 2 N–H and O–H groups in total. The fraction of sp³-hybridized carbons (Fsp3) is 0.316. The predicted octanol–water partition coefficient (Wildman–Crippen LogP) is 1.11. The summed E-state index contributed by atoms with van der Waals surface area (Å²) >= 11 is 0. The molecule has 0 radical (unpaired) electrons. The minimum Gasteiger partial charge on any atom is -0.452 e. The van der Waals surface area contributed by atoms with Gasteiger partial charge in [0.25, 0.3) is 17.7 Å². The van der Waals surface area contributed by atoms with Gasteiger partial charge in [-0.25, -0.2) is 9.59 Å². The lowest BCUT2D eigenvalue weighted by atomic mass is 10.1. The largest absolute Gasteiger partial charge is 0.452 e. The topological polar surface area (TPSA) is 122 Å². The number of carbonyl (C=O) groups excluding carboxylic acids is 5. The molecule has 0 spiro atoms. The van der Waals surface area contributed by atoms with E-state index in [-0.39, 0.29) is 29.2 Å². The van der Waals surface area contributed by atoms with Crippen LogP contribution in [0.5, 0.6) is 0 Å². The smallest absolute Gasteiger partial charge is 0.338 e. The van der Waals surface area contributed by atoms with Crippen LogP contribution in [-0.4, -0.2) is 54.3 Å². The fourth-order valence-corrected chi connectivity index (χ4v) is 2.43. The molecule has 9 heteroatoms. The molecule has 0 aliphatic carbocycles. The van der Waals surface area contributed by atoms with Gasteiger partial charge >= 0.3 is 12.0 Å². The fourth-order valence-electron chi connectivity index (χ4n) is 2.43. The van der Waals surface area contributed by atoms with Gasteiger partial charge in [-0.15, -0.1) is 6.58 Å². The zero-order chi connectivity index (χ0) is 20.8. The number of hydrogen-bond donors (Lipinski definition) is 2. The van der Waals surface area contributed by atoms with E-state index < -0.39 is 36.3 Å². The van der Waals surface area contributed by atoms with Crippen molar-refractivity contribution in [3.05, 3.63) is 47.5 Å². The standard InChI is InChI=1S/C19H21N3O6/c1-4-7-22-16(24)13-6-5-12(8-14(13)17(22)25)18(26)28-10-15(23)21-19(27)20-9-11(2)3/h4-6,8,11H,1,7,9-10H2,2-3H3,(H2,20,21,23,27).